The molecule has 2 heterocycles. The third kappa shape index (κ3) is 2.74. The Labute approximate surface area is 127 Å². The zero-order valence-electron chi connectivity index (χ0n) is 11.0. The van der Waals surface area contributed by atoms with Crippen molar-refractivity contribution >= 4 is 22.9 Å². The number of halogens is 2. The molecule has 2 aromatic rings. The second-order valence-electron chi connectivity index (χ2n) is 5.06. The predicted molar refractivity (Wildman–Crippen MR) is 83.8 cm³/mol. The molecule has 20 heavy (non-hydrogen) atoms. The van der Waals surface area contributed by atoms with Crippen molar-refractivity contribution in [1.29, 1.82) is 0 Å². The maximum Gasteiger partial charge on any atom is 0.123 e. The van der Waals surface area contributed by atoms with Gasteiger partial charge in [0.2, 0.25) is 0 Å². The first-order valence-corrected chi connectivity index (χ1v) is 7.80. The van der Waals surface area contributed by atoms with Crippen LogP contribution < -0.4 is 5.32 Å². The zero-order valence-corrected chi connectivity index (χ0v) is 12.5. The number of nitrogens with one attached hydrogen (secondary N) is 1. The van der Waals surface area contributed by atoms with Crippen LogP contribution in [0.5, 0.6) is 0 Å². The van der Waals surface area contributed by atoms with Crippen molar-refractivity contribution in [2.75, 3.05) is 6.54 Å². The Morgan fingerprint density at radius 2 is 2.15 bits per heavy atom. The van der Waals surface area contributed by atoms with E-state index in [1.54, 1.807) is 12.1 Å². The zero-order chi connectivity index (χ0) is 14.1. The molecule has 0 radical (unpaired) electrons. The summed E-state index contributed by atoms with van der Waals surface area (Å²) in [4.78, 5) is 1.02. The summed E-state index contributed by atoms with van der Waals surface area (Å²) >= 11 is 7.50. The van der Waals surface area contributed by atoms with Gasteiger partial charge in [0.15, 0.2) is 0 Å². The number of thiophene rings is 1. The fourth-order valence-corrected chi connectivity index (χ4v) is 3.80. The lowest BCUT2D eigenvalue weighted by Gasteiger charge is -2.27. The minimum atomic E-state index is -0.207. The normalized spacial score (nSPS) is 18.9. The van der Waals surface area contributed by atoms with Crippen LogP contribution in [0.4, 0.5) is 4.39 Å². The monoisotopic (exact) mass is 307 g/mol. The van der Waals surface area contributed by atoms with Crippen LogP contribution in [0.15, 0.2) is 42.6 Å². The Kier molecular flexibility index (Phi) is 3.81. The Bertz CT molecular complexity index is 650. The molecular formula is C16H15ClFNS. The van der Waals surface area contributed by atoms with Crippen LogP contribution in [0.25, 0.3) is 10.4 Å². The van der Waals surface area contributed by atoms with Gasteiger partial charge in [0.25, 0.3) is 0 Å². The molecule has 0 bridgehead atoms. The van der Waals surface area contributed by atoms with Crippen LogP contribution in [0.1, 0.15) is 24.3 Å². The summed E-state index contributed by atoms with van der Waals surface area (Å²) in [5, 5.41) is 3.27. The lowest BCUT2D eigenvalue weighted by Crippen LogP contribution is -2.24. The van der Waals surface area contributed by atoms with Gasteiger partial charge in [-0.1, -0.05) is 24.2 Å². The standard InChI is InChI=1S/C16H15ClFNS/c1-10-8-11(6-7-19-10)13-3-2-12(18)9-14(13)15-4-5-16(17)20-15/h2-5,9,11,19H,1,6-8H2. The summed E-state index contributed by atoms with van der Waals surface area (Å²) in [6.45, 7) is 4.93. The van der Waals surface area contributed by atoms with E-state index in [1.807, 2.05) is 18.2 Å². The highest BCUT2D eigenvalue weighted by Gasteiger charge is 2.21. The van der Waals surface area contributed by atoms with E-state index in [0.29, 0.717) is 5.92 Å². The Morgan fingerprint density at radius 1 is 1.30 bits per heavy atom. The summed E-state index contributed by atoms with van der Waals surface area (Å²) in [6.07, 6.45) is 1.94. The molecule has 0 aliphatic carbocycles. The van der Waals surface area contributed by atoms with Crippen molar-refractivity contribution in [3.8, 4) is 10.4 Å². The molecule has 1 nitrogen and oxygen atoms in total. The first-order chi connectivity index (χ1) is 9.63. The SMILES string of the molecule is C=C1CC(c2ccc(F)cc2-c2ccc(Cl)s2)CCN1. The highest BCUT2D eigenvalue weighted by molar-refractivity contribution is 7.19. The molecule has 1 aromatic carbocycles. The van der Waals surface area contributed by atoms with E-state index in [0.717, 1.165) is 39.9 Å². The molecule has 0 saturated carbocycles. The first-order valence-electron chi connectivity index (χ1n) is 6.60. The van der Waals surface area contributed by atoms with E-state index in [9.17, 15) is 4.39 Å². The van der Waals surface area contributed by atoms with Crippen LogP contribution in [0.3, 0.4) is 0 Å². The Morgan fingerprint density at radius 3 is 2.85 bits per heavy atom. The van der Waals surface area contributed by atoms with Gasteiger partial charge in [-0.25, -0.2) is 4.39 Å². The van der Waals surface area contributed by atoms with Crippen molar-refractivity contribution < 1.29 is 4.39 Å². The quantitative estimate of drug-likeness (QED) is 0.805. The van der Waals surface area contributed by atoms with Gasteiger partial charge in [0.1, 0.15) is 5.82 Å². The third-order valence-corrected chi connectivity index (χ3v) is 4.92. The molecule has 1 atom stereocenters. The maximum absolute atomic E-state index is 13.6. The number of allylic oxidation sites excluding steroid dienone is 1. The maximum atomic E-state index is 13.6. The summed E-state index contributed by atoms with van der Waals surface area (Å²) in [5.74, 6) is 0.182. The summed E-state index contributed by atoms with van der Waals surface area (Å²) in [7, 11) is 0. The van der Waals surface area contributed by atoms with Crippen LogP contribution in [-0.4, -0.2) is 6.54 Å². The van der Waals surface area contributed by atoms with E-state index >= 15 is 0 Å². The number of benzene rings is 1. The Hall–Kier alpha value is -1.32. The highest BCUT2D eigenvalue weighted by Crippen LogP contribution is 2.39. The van der Waals surface area contributed by atoms with E-state index < -0.39 is 0 Å². The minimum absolute atomic E-state index is 0.207. The molecule has 1 fully saturated rings. The van der Waals surface area contributed by atoms with E-state index in [-0.39, 0.29) is 5.82 Å². The number of hydrogen-bond acceptors (Lipinski definition) is 2. The van der Waals surface area contributed by atoms with Gasteiger partial charge in [0, 0.05) is 17.1 Å². The Balaban J connectivity index is 2.04. The third-order valence-electron chi connectivity index (χ3n) is 3.65. The van der Waals surface area contributed by atoms with Crippen molar-refractivity contribution in [2.24, 2.45) is 0 Å². The molecule has 104 valence electrons. The van der Waals surface area contributed by atoms with E-state index in [2.05, 4.69) is 11.9 Å². The van der Waals surface area contributed by atoms with Crippen molar-refractivity contribution in [3.63, 3.8) is 0 Å². The van der Waals surface area contributed by atoms with E-state index in [1.165, 1.54) is 16.9 Å². The molecule has 3 rings (SSSR count). The fourth-order valence-electron chi connectivity index (χ4n) is 2.72. The van der Waals surface area contributed by atoms with Gasteiger partial charge < -0.3 is 5.32 Å². The molecule has 0 amide bonds. The molecule has 1 aliphatic heterocycles. The molecule has 1 N–H and O–H groups in total. The van der Waals surface area contributed by atoms with Crippen LogP contribution >= 0.6 is 22.9 Å². The van der Waals surface area contributed by atoms with Gasteiger partial charge >= 0.3 is 0 Å². The number of hydrogen-bond donors (Lipinski definition) is 1. The lowest BCUT2D eigenvalue weighted by molar-refractivity contribution is 0.518. The molecule has 0 spiro atoms. The summed E-state index contributed by atoms with van der Waals surface area (Å²) in [6, 6.07) is 8.88. The summed E-state index contributed by atoms with van der Waals surface area (Å²) < 4.78 is 14.4. The molecule has 1 saturated heterocycles. The average molecular weight is 308 g/mol. The smallest absolute Gasteiger partial charge is 0.123 e. The first kappa shape index (κ1) is 13.7. The van der Waals surface area contributed by atoms with Crippen molar-refractivity contribution in [1.82, 2.24) is 5.32 Å². The minimum Gasteiger partial charge on any atom is -0.389 e. The fraction of sp³-hybridized carbons (Fsp3) is 0.250. The number of piperidine rings is 1. The largest absolute Gasteiger partial charge is 0.389 e. The topological polar surface area (TPSA) is 12.0 Å². The van der Waals surface area contributed by atoms with Crippen LogP contribution in [-0.2, 0) is 0 Å². The molecule has 1 aliphatic rings. The van der Waals surface area contributed by atoms with Crippen molar-refractivity contribution in [2.45, 2.75) is 18.8 Å². The van der Waals surface area contributed by atoms with Gasteiger partial charge in [-0.05, 0) is 54.2 Å². The second-order valence-corrected chi connectivity index (χ2v) is 6.77. The van der Waals surface area contributed by atoms with Gasteiger partial charge in [-0.15, -0.1) is 11.3 Å². The van der Waals surface area contributed by atoms with Gasteiger partial charge in [-0.3, -0.25) is 0 Å². The van der Waals surface area contributed by atoms with Crippen LogP contribution in [0, 0.1) is 5.82 Å². The summed E-state index contributed by atoms with van der Waals surface area (Å²) in [5.41, 5.74) is 3.20. The van der Waals surface area contributed by atoms with Crippen LogP contribution in [0.2, 0.25) is 4.34 Å². The van der Waals surface area contributed by atoms with Crippen molar-refractivity contribution in [3.05, 3.63) is 58.3 Å². The van der Waals surface area contributed by atoms with E-state index in [4.69, 9.17) is 11.6 Å². The second kappa shape index (κ2) is 5.58. The van der Waals surface area contributed by atoms with Gasteiger partial charge in [-0.2, -0.15) is 0 Å². The number of rotatable bonds is 2. The highest BCUT2D eigenvalue weighted by atomic mass is 35.5. The molecule has 1 unspecified atom stereocenters. The predicted octanol–water partition coefficient (Wildman–Crippen LogP) is 5.19. The molecular weight excluding hydrogens is 293 g/mol. The molecule has 1 aromatic heterocycles. The van der Waals surface area contributed by atoms with Gasteiger partial charge in [0.05, 0.1) is 4.34 Å². The average Bonchev–Trinajstić information content (AvgIpc) is 2.85. The molecule has 4 heteroatoms. The lowest BCUT2D eigenvalue weighted by atomic mass is 9.85.